The zero-order chi connectivity index (χ0) is 64.0. The van der Waals surface area contributed by atoms with Gasteiger partial charge < -0.3 is 33.3 Å². The van der Waals surface area contributed by atoms with E-state index in [-0.39, 0.29) is 38.6 Å². The van der Waals surface area contributed by atoms with Gasteiger partial charge in [0, 0.05) is 12.8 Å². The Morgan fingerprint density at radius 3 is 0.966 bits per heavy atom. The number of allylic oxidation sites excluding steroid dienone is 20. The van der Waals surface area contributed by atoms with Gasteiger partial charge in [0.2, 0.25) is 0 Å². The molecule has 0 rings (SSSR count). The van der Waals surface area contributed by atoms with Crippen LogP contribution in [-0.2, 0) is 33.3 Å². The zero-order valence-electron chi connectivity index (χ0n) is 57.6. The molecule has 0 N–H and O–H groups in total. The molecule has 0 fully saturated rings. The first-order chi connectivity index (χ1) is 43.1. The first-order valence-electron chi connectivity index (χ1n) is 36.2. The molecule has 0 saturated carbocycles. The van der Waals surface area contributed by atoms with Gasteiger partial charge in [0.05, 0.1) is 40.3 Å². The molecule has 0 aromatic carbocycles. The van der Waals surface area contributed by atoms with E-state index in [0.717, 1.165) is 96.3 Å². The zero-order valence-corrected chi connectivity index (χ0v) is 57.6. The number of nitrogens with zero attached hydrogens (tertiary/aromatic N) is 1. The van der Waals surface area contributed by atoms with E-state index < -0.39 is 24.3 Å². The minimum absolute atomic E-state index is 0.134. The van der Waals surface area contributed by atoms with E-state index in [0.29, 0.717) is 17.4 Å². The molecule has 0 heterocycles. The number of hydrogen-bond donors (Lipinski definition) is 0. The third kappa shape index (κ3) is 69.2. The third-order valence-electron chi connectivity index (χ3n) is 15.5. The lowest BCUT2D eigenvalue weighted by Gasteiger charge is -2.26. The second-order valence-electron chi connectivity index (χ2n) is 25.2. The number of ether oxygens (including phenoxy) is 4. The fraction of sp³-hybridized carbons (Fsp3) is 0.709. The summed E-state index contributed by atoms with van der Waals surface area (Å²) in [7, 11) is 5.91. The largest absolute Gasteiger partial charge is 0.545 e. The summed E-state index contributed by atoms with van der Waals surface area (Å²) in [5.41, 5.74) is 0. The third-order valence-corrected chi connectivity index (χ3v) is 15.5. The molecule has 2 unspecified atom stereocenters. The van der Waals surface area contributed by atoms with E-state index >= 15 is 0 Å². The molecular formula is C79H135NO8. The van der Waals surface area contributed by atoms with E-state index in [1.54, 1.807) is 0 Å². The van der Waals surface area contributed by atoms with Crippen molar-refractivity contribution in [1.29, 1.82) is 0 Å². The van der Waals surface area contributed by atoms with Crippen molar-refractivity contribution in [1.82, 2.24) is 0 Å². The van der Waals surface area contributed by atoms with Crippen LogP contribution in [0.15, 0.2) is 122 Å². The Morgan fingerprint density at radius 1 is 0.352 bits per heavy atom. The van der Waals surface area contributed by atoms with Crippen LogP contribution in [-0.4, -0.2) is 82.3 Å². The van der Waals surface area contributed by atoms with Crippen LogP contribution in [0.2, 0.25) is 0 Å². The predicted octanol–water partition coefficient (Wildman–Crippen LogP) is 21.4. The van der Waals surface area contributed by atoms with Crippen LogP contribution in [0, 0.1) is 0 Å². The fourth-order valence-electron chi connectivity index (χ4n) is 9.98. The maximum absolute atomic E-state index is 12.9. The minimum Gasteiger partial charge on any atom is -0.545 e. The number of carbonyl (C=O) groups excluding carboxylic acids is 3. The smallest absolute Gasteiger partial charge is 0.306 e. The minimum atomic E-state index is -1.64. The summed E-state index contributed by atoms with van der Waals surface area (Å²) in [5.74, 6) is -2.34. The topological polar surface area (TPSA) is 111 Å². The summed E-state index contributed by atoms with van der Waals surface area (Å²) < 4.78 is 22.7. The Kier molecular flexibility index (Phi) is 65.2. The molecule has 504 valence electrons. The van der Waals surface area contributed by atoms with Crippen LogP contribution in [0.3, 0.4) is 0 Å². The molecule has 0 aromatic rings. The Morgan fingerprint density at radius 2 is 0.648 bits per heavy atom. The van der Waals surface area contributed by atoms with Gasteiger partial charge in [0.25, 0.3) is 0 Å². The predicted molar refractivity (Wildman–Crippen MR) is 375 cm³/mol. The number of likely N-dealkylation sites (N-methyl/N-ethyl adjacent to an activating group) is 1. The fourth-order valence-corrected chi connectivity index (χ4v) is 9.98. The summed E-state index contributed by atoms with van der Waals surface area (Å²) in [6, 6.07) is 0. The van der Waals surface area contributed by atoms with Gasteiger partial charge in [-0.05, 0) is 89.9 Å². The van der Waals surface area contributed by atoms with E-state index in [9.17, 15) is 19.5 Å². The molecule has 9 heteroatoms. The van der Waals surface area contributed by atoms with Gasteiger partial charge in [-0.15, -0.1) is 0 Å². The summed E-state index contributed by atoms with van der Waals surface area (Å²) in [4.78, 5) is 37.5. The van der Waals surface area contributed by atoms with Crippen LogP contribution in [0.25, 0.3) is 0 Å². The van der Waals surface area contributed by atoms with Gasteiger partial charge in [0.1, 0.15) is 13.2 Å². The molecule has 0 saturated heterocycles. The van der Waals surface area contributed by atoms with Crippen molar-refractivity contribution >= 4 is 17.9 Å². The first kappa shape index (κ1) is 83.7. The second-order valence-corrected chi connectivity index (χ2v) is 25.2. The number of carboxylic acid groups (broad SMARTS) is 1. The van der Waals surface area contributed by atoms with Crippen molar-refractivity contribution in [2.75, 3.05) is 47.5 Å². The van der Waals surface area contributed by atoms with Crippen molar-refractivity contribution in [2.24, 2.45) is 0 Å². The molecule has 0 aliphatic rings. The number of aliphatic carboxylic acids is 1. The van der Waals surface area contributed by atoms with Gasteiger partial charge in [-0.1, -0.05) is 322 Å². The molecule has 2 atom stereocenters. The molecular weight excluding hydrogens is 1090 g/mol. The Labute approximate surface area is 542 Å². The highest BCUT2D eigenvalue weighted by atomic mass is 16.7. The van der Waals surface area contributed by atoms with Crippen LogP contribution in [0.1, 0.15) is 303 Å². The van der Waals surface area contributed by atoms with E-state index in [4.69, 9.17) is 18.9 Å². The standard InChI is InChI=1S/C79H135NO8/c1-6-8-10-12-14-16-18-20-22-24-26-28-30-32-34-36-38-39-40-42-44-46-48-50-52-54-56-58-60-62-64-66-68-70-77(82)88-75(74-87-79(78(83)84)85-72-71-80(3,4)5)73-86-76(81)69-67-65-63-61-59-57-55-53-51-49-47-45-43-41-37-35-33-31-29-27-25-23-21-19-17-15-13-11-9-7-2/h8,10,14,16,20,22,26,28,32,34,38-39,42,44,48,50,54,56,60,62,75,79H,6-7,9,11-13,15,17-19,21,23-25,27,29-31,33,35-37,40-41,43,45-47,49,51-53,55,57-59,61,63-74H2,1-5H3/b10-8-,16-14-,22-20-,28-26-,34-32-,39-38-,44-42-,50-48-,56-54-,62-60-. The lowest BCUT2D eigenvalue weighted by atomic mass is 10.0. The number of esters is 2. The van der Waals surface area contributed by atoms with Crippen molar-refractivity contribution in [2.45, 2.75) is 315 Å². The average molecular weight is 1230 g/mol. The lowest BCUT2D eigenvalue weighted by Crippen LogP contribution is -2.44. The van der Waals surface area contributed by atoms with Crippen molar-refractivity contribution < 1.29 is 42.9 Å². The molecule has 88 heavy (non-hydrogen) atoms. The van der Waals surface area contributed by atoms with E-state index in [2.05, 4.69) is 135 Å². The highest BCUT2D eigenvalue weighted by molar-refractivity contribution is 5.70. The molecule has 0 amide bonds. The Bertz CT molecular complexity index is 1860. The number of carboxylic acids is 1. The number of rotatable bonds is 66. The van der Waals surface area contributed by atoms with Crippen LogP contribution < -0.4 is 5.11 Å². The van der Waals surface area contributed by atoms with Gasteiger partial charge in [-0.3, -0.25) is 9.59 Å². The maximum atomic E-state index is 12.9. The van der Waals surface area contributed by atoms with Crippen molar-refractivity contribution in [3.63, 3.8) is 0 Å². The lowest BCUT2D eigenvalue weighted by molar-refractivity contribution is -0.870. The number of quaternary nitrogens is 1. The maximum Gasteiger partial charge on any atom is 0.306 e. The molecule has 0 aliphatic carbocycles. The van der Waals surface area contributed by atoms with Gasteiger partial charge in [-0.25, -0.2) is 0 Å². The molecule has 0 aliphatic heterocycles. The van der Waals surface area contributed by atoms with Gasteiger partial charge in [-0.2, -0.15) is 0 Å². The van der Waals surface area contributed by atoms with Gasteiger partial charge >= 0.3 is 11.9 Å². The number of carbonyl (C=O) groups is 3. The van der Waals surface area contributed by atoms with Gasteiger partial charge in [0.15, 0.2) is 12.4 Å². The summed E-state index contributed by atoms with van der Waals surface area (Å²) in [5, 5.41) is 11.8. The molecule has 0 aromatic heterocycles. The monoisotopic (exact) mass is 1230 g/mol. The summed E-state index contributed by atoms with van der Waals surface area (Å²) in [6.07, 6.45) is 94.4. The second kappa shape index (κ2) is 68.6. The number of hydrogen-bond acceptors (Lipinski definition) is 8. The van der Waals surface area contributed by atoms with Crippen molar-refractivity contribution in [3.05, 3.63) is 122 Å². The van der Waals surface area contributed by atoms with Crippen LogP contribution in [0.5, 0.6) is 0 Å². The van der Waals surface area contributed by atoms with Crippen LogP contribution in [0.4, 0.5) is 0 Å². The average Bonchev–Trinajstić information content (AvgIpc) is 3.62. The number of unbranched alkanes of at least 4 members (excludes halogenated alkanes) is 31. The Hall–Kier alpha value is -4.31. The SMILES string of the molecule is CC/C=C\C/C=C\C/C=C\C/C=C\C/C=C\C/C=C\C/C=C\C/C=C\C/C=C\C/C=C\CCCCC(=O)OC(COC(=O)CCCCCCCCCCCCCCCCCCCCCCCCCCCCCCCC)COC(OCC[N+](C)(C)C)C(=O)[O-]. The summed E-state index contributed by atoms with van der Waals surface area (Å²) >= 11 is 0. The van der Waals surface area contributed by atoms with E-state index in [1.165, 1.54) is 173 Å². The summed E-state index contributed by atoms with van der Waals surface area (Å²) in [6.45, 7) is 4.61. The normalized spacial score (nSPS) is 13.4. The molecule has 0 bridgehead atoms. The molecule has 0 radical (unpaired) electrons. The molecule has 0 spiro atoms. The van der Waals surface area contributed by atoms with Crippen molar-refractivity contribution in [3.8, 4) is 0 Å². The quantitative estimate of drug-likeness (QED) is 0.0195. The highest BCUT2D eigenvalue weighted by Gasteiger charge is 2.22. The first-order valence-corrected chi connectivity index (χ1v) is 36.2. The molecule has 9 nitrogen and oxygen atoms in total. The Balaban J connectivity index is 4.21. The van der Waals surface area contributed by atoms with E-state index in [1.807, 2.05) is 21.1 Å². The highest BCUT2D eigenvalue weighted by Crippen LogP contribution is 2.18. The van der Waals surface area contributed by atoms with Crippen LogP contribution >= 0.6 is 0 Å².